The van der Waals surface area contributed by atoms with E-state index < -0.39 is 0 Å². The molecule has 0 saturated carbocycles. The summed E-state index contributed by atoms with van der Waals surface area (Å²) in [5.41, 5.74) is 4.79. The second-order valence-corrected chi connectivity index (χ2v) is 4.77. The number of aryl methyl sites for hydroxylation is 3. The average Bonchev–Trinajstić information content (AvgIpc) is 2.68. The first-order valence-electron chi connectivity index (χ1n) is 6.30. The van der Waals surface area contributed by atoms with Crippen LogP contribution in [0, 0.1) is 20.8 Å². The normalized spacial score (nSPS) is 12.7. The molecular weight excluding hydrogens is 224 g/mol. The van der Waals surface area contributed by atoms with Gasteiger partial charge in [0.25, 0.3) is 0 Å². The van der Waals surface area contributed by atoms with Gasteiger partial charge in [-0.25, -0.2) is 0 Å². The minimum atomic E-state index is 0.246. The zero-order valence-corrected chi connectivity index (χ0v) is 11.4. The number of aromatic nitrogens is 1. The maximum atomic E-state index is 5.20. The summed E-state index contributed by atoms with van der Waals surface area (Å²) in [5.74, 6) is 0.900. The van der Waals surface area contributed by atoms with Crippen LogP contribution in [0.3, 0.4) is 0 Å². The third kappa shape index (κ3) is 2.62. The van der Waals surface area contributed by atoms with Crippen molar-refractivity contribution in [1.82, 2.24) is 10.5 Å². The highest BCUT2D eigenvalue weighted by atomic mass is 16.5. The van der Waals surface area contributed by atoms with Crippen LogP contribution in [0.15, 0.2) is 28.8 Å². The Kier molecular flexibility index (Phi) is 3.82. The highest BCUT2D eigenvalue weighted by molar-refractivity contribution is 5.27. The first-order chi connectivity index (χ1) is 8.59. The number of hydrogen-bond donors (Lipinski definition) is 1. The van der Waals surface area contributed by atoms with Gasteiger partial charge < -0.3 is 9.84 Å². The molecule has 96 valence electrons. The van der Waals surface area contributed by atoms with E-state index in [1.165, 1.54) is 16.7 Å². The molecule has 0 aliphatic heterocycles. The molecule has 0 aliphatic rings. The van der Waals surface area contributed by atoms with Crippen molar-refractivity contribution < 1.29 is 4.52 Å². The van der Waals surface area contributed by atoms with E-state index >= 15 is 0 Å². The fourth-order valence-corrected chi connectivity index (χ4v) is 2.28. The third-order valence-corrected chi connectivity index (χ3v) is 3.38. The molecule has 3 nitrogen and oxygen atoms in total. The maximum absolute atomic E-state index is 5.20. The van der Waals surface area contributed by atoms with E-state index in [1.807, 2.05) is 13.8 Å². The first kappa shape index (κ1) is 12.8. The molecule has 3 heteroatoms. The molecule has 1 N–H and O–H groups in total. The minimum absolute atomic E-state index is 0.246. The lowest BCUT2D eigenvalue weighted by Crippen LogP contribution is -2.19. The van der Waals surface area contributed by atoms with Crippen LogP contribution in [0.4, 0.5) is 0 Å². The summed E-state index contributed by atoms with van der Waals surface area (Å²) in [6.45, 7) is 9.08. The number of hydrogen-bond acceptors (Lipinski definition) is 3. The zero-order valence-electron chi connectivity index (χ0n) is 11.4. The largest absolute Gasteiger partial charge is 0.361 e. The van der Waals surface area contributed by atoms with Crippen LogP contribution in [0.5, 0.6) is 0 Å². The van der Waals surface area contributed by atoms with Gasteiger partial charge in [0.2, 0.25) is 0 Å². The molecule has 1 aromatic heterocycles. The molecule has 0 aliphatic carbocycles. The molecule has 0 saturated heterocycles. The monoisotopic (exact) mass is 244 g/mol. The molecule has 0 spiro atoms. The van der Waals surface area contributed by atoms with Crippen molar-refractivity contribution in [3.63, 3.8) is 0 Å². The predicted octanol–water partition coefficient (Wildman–Crippen LogP) is 3.45. The Hall–Kier alpha value is -1.61. The van der Waals surface area contributed by atoms with Crippen molar-refractivity contribution >= 4 is 0 Å². The molecule has 2 aromatic rings. The SMILES string of the molecule is Cc1ccccc1CNC(C)c1c(C)noc1C. The van der Waals surface area contributed by atoms with Gasteiger partial charge in [0.15, 0.2) is 0 Å². The highest BCUT2D eigenvalue weighted by Gasteiger charge is 2.15. The molecule has 18 heavy (non-hydrogen) atoms. The lowest BCUT2D eigenvalue weighted by Gasteiger charge is -2.14. The second-order valence-electron chi connectivity index (χ2n) is 4.77. The minimum Gasteiger partial charge on any atom is -0.361 e. The van der Waals surface area contributed by atoms with Gasteiger partial charge in [0, 0.05) is 18.2 Å². The van der Waals surface area contributed by atoms with Crippen LogP contribution < -0.4 is 5.32 Å². The molecule has 1 atom stereocenters. The fraction of sp³-hybridized carbons (Fsp3) is 0.400. The smallest absolute Gasteiger partial charge is 0.138 e. The van der Waals surface area contributed by atoms with Crippen LogP contribution in [0.1, 0.15) is 41.1 Å². The highest BCUT2D eigenvalue weighted by Crippen LogP contribution is 2.21. The Bertz CT molecular complexity index is 512. The van der Waals surface area contributed by atoms with Crippen LogP contribution >= 0.6 is 0 Å². The molecule has 0 amide bonds. The molecule has 1 aromatic carbocycles. The van der Waals surface area contributed by atoms with Crippen molar-refractivity contribution in [3.8, 4) is 0 Å². The molecule has 0 fully saturated rings. The van der Waals surface area contributed by atoms with Crippen molar-refractivity contribution in [1.29, 1.82) is 0 Å². The molecule has 2 rings (SSSR count). The topological polar surface area (TPSA) is 38.1 Å². The van der Waals surface area contributed by atoms with Crippen LogP contribution in [-0.2, 0) is 6.54 Å². The Morgan fingerprint density at radius 2 is 1.94 bits per heavy atom. The van der Waals surface area contributed by atoms with E-state index in [-0.39, 0.29) is 6.04 Å². The standard InChI is InChI=1S/C15H20N2O/c1-10-7-5-6-8-14(10)9-16-11(2)15-12(3)17-18-13(15)4/h5-8,11,16H,9H2,1-4H3. The van der Waals surface area contributed by atoms with E-state index in [2.05, 4.69) is 48.6 Å². The Morgan fingerprint density at radius 3 is 2.56 bits per heavy atom. The van der Waals surface area contributed by atoms with Gasteiger partial charge in [-0.15, -0.1) is 0 Å². The van der Waals surface area contributed by atoms with E-state index in [0.717, 1.165) is 18.0 Å². The summed E-state index contributed by atoms with van der Waals surface area (Å²) < 4.78 is 5.20. The molecule has 0 bridgehead atoms. The van der Waals surface area contributed by atoms with Gasteiger partial charge in [-0.05, 0) is 38.8 Å². The molecule has 1 unspecified atom stereocenters. The molecule has 0 radical (unpaired) electrons. The van der Waals surface area contributed by atoms with Crippen molar-refractivity contribution in [2.75, 3.05) is 0 Å². The van der Waals surface area contributed by atoms with E-state index in [0.29, 0.717) is 0 Å². The Labute approximate surface area is 108 Å². The van der Waals surface area contributed by atoms with Gasteiger partial charge in [-0.2, -0.15) is 0 Å². The van der Waals surface area contributed by atoms with Gasteiger partial charge >= 0.3 is 0 Å². The van der Waals surface area contributed by atoms with Crippen molar-refractivity contribution in [3.05, 3.63) is 52.4 Å². The zero-order chi connectivity index (χ0) is 13.1. The van der Waals surface area contributed by atoms with Crippen molar-refractivity contribution in [2.24, 2.45) is 0 Å². The summed E-state index contributed by atoms with van der Waals surface area (Å²) in [6, 6.07) is 8.68. The summed E-state index contributed by atoms with van der Waals surface area (Å²) in [6.07, 6.45) is 0. The second kappa shape index (κ2) is 5.36. The summed E-state index contributed by atoms with van der Waals surface area (Å²) in [5, 5.41) is 7.52. The number of nitrogens with one attached hydrogen (secondary N) is 1. The average molecular weight is 244 g/mol. The number of nitrogens with zero attached hydrogens (tertiary/aromatic N) is 1. The third-order valence-electron chi connectivity index (χ3n) is 3.38. The van der Waals surface area contributed by atoms with E-state index in [9.17, 15) is 0 Å². The first-order valence-corrected chi connectivity index (χ1v) is 6.30. The van der Waals surface area contributed by atoms with E-state index in [1.54, 1.807) is 0 Å². The Balaban J connectivity index is 2.05. The van der Waals surface area contributed by atoms with Gasteiger partial charge in [-0.3, -0.25) is 0 Å². The summed E-state index contributed by atoms with van der Waals surface area (Å²) in [4.78, 5) is 0. The van der Waals surface area contributed by atoms with Crippen LogP contribution in [0.25, 0.3) is 0 Å². The van der Waals surface area contributed by atoms with Crippen LogP contribution in [-0.4, -0.2) is 5.16 Å². The van der Waals surface area contributed by atoms with Crippen LogP contribution in [0.2, 0.25) is 0 Å². The van der Waals surface area contributed by atoms with Gasteiger partial charge in [0.1, 0.15) is 5.76 Å². The summed E-state index contributed by atoms with van der Waals surface area (Å²) in [7, 11) is 0. The van der Waals surface area contributed by atoms with Gasteiger partial charge in [0.05, 0.1) is 5.69 Å². The molecular formula is C15H20N2O. The quantitative estimate of drug-likeness (QED) is 0.895. The Morgan fingerprint density at radius 1 is 1.22 bits per heavy atom. The number of benzene rings is 1. The summed E-state index contributed by atoms with van der Waals surface area (Å²) >= 11 is 0. The number of rotatable bonds is 4. The molecule has 1 heterocycles. The van der Waals surface area contributed by atoms with E-state index in [4.69, 9.17) is 4.52 Å². The fourth-order valence-electron chi connectivity index (χ4n) is 2.28. The van der Waals surface area contributed by atoms with Crippen molar-refractivity contribution in [2.45, 2.75) is 40.3 Å². The predicted molar refractivity (Wildman–Crippen MR) is 72.4 cm³/mol. The van der Waals surface area contributed by atoms with Gasteiger partial charge in [-0.1, -0.05) is 29.4 Å². The maximum Gasteiger partial charge on any atom is 0.138 e. The lowest BCUT2D eigenvalue weighted by molar-refractivity contribution is 0.390. The lowest BCUT2D eigenvalue weighted by atomic mass is 10.1.